The maximum atomic E-state index is 13.2. The fraction of sp³-hybridized carbons (Fsp3) is 0.235. The summed E-state index contributed by atoms with van der Waals surface area (Å²) in [6.07, 6.45) is 2.17. The Morgan fingerprint density at radius 2 is 2.08 bits per heavy atom. The van der Waals surface area contributed by atoms with Gasteiger partial charge in [-0.15, -0.1) is 11.3 Å². The molecule has 0 atom stereocenters. The minimum atomic E-state index is -0.880. The molecule has 1 amide bonds. The summed E-state index contributed by atoms with van der Waals surface area (Å²) in [4.78, 5) is 17.1. The third-order valence-electron chi connectivity index (χ3n) is 3.68. The number of thiazole rings is 1. The van der Waals surface area contributed by atoms with Gasteiger partial charge in [0.1, 0.15) is 5.76 Å². The molecular weight excluding hydrogens is 348 g/mol. The summed E-state index contributed by atoms with van der Waals surface area (Å²) in [5.74, 6) is -1.36. The monoisotopic (exact) mass is 363 g/mol. The molecule has 0 fully saturated rings. The molecule has 8 heteroatoms. The highest BCUT2D eigenvalue weighted by Gasteiger charge is 2.15. The zero-order valence-electron chi connectivity index (χ0n) is 13.6. The van der Waals surface area contributed by atoms with Crippen molar-refractivity contribution in [3.05, 3.63) is 63.5 Å². The van der Waals surface area contributed by atoms with Gasteiger partial charge in [-0.05, 0) is 31.5 Å². The first-order valence-corrected chi connectivity index (χ1v) is 8.34. The minimum absolute atomic E-state index is 0.152. The Kier molecular flexibility index (Phi) is 4.89. The molecule has 0 aliphatic carbocycles. The molecule has 2 aromatic heterocycles. The standard InChI is InChI=1S/C17H15F2N3O2S/c1-9-13(10(2)24-22-9)7-16(23)21-17-20-8-12(25-17)5-11-3-4-14(18)15(19)6-11/h3-4,6,8H,5,7H2,1-2H3,(H,20,21,23). The van der Waals surface area contributed by atoms with E-state index < -0.39 is 11.6 Å². The summed E-state index contributed by atoms with van der Waals surface area (Å²) in [6.45, 7) is 3.54. The molecule has 0 radical (unpaired) electrons. The van der Waals surface area contributed by atoms with Crippen LogP contribution in [-0.4, -0.2) is 16.0 Å². The van der Waals surface area contributed by atoms with E-state index in [1.54, 1.807) is 20.0 Å². The Hall–Kier alpha value is -2.61. The Morgan fingerprint density at radius 3 is 2.76 bits per heavy atom. The number of halogens is 2. The third kappa shape index (κ3) is 4.08. The lowest BCUT2D eigenvalue weighted by atomic mass is 10.1. The fourth-order valence-electron chi connectivity index (χ4n) is 2.38. The summed E-state index contributed by atoms with van der Waals surface area (Å²) in [7, 11) is 0. The van der Waals surface area contributed by atoms with Crippen LogP contribution in [0.5, 0.6) is 0 Å². The summed E-state index contributed by atoms with van der Waals surface area (Å²) < 4.78 is 31.2. The number of aromatic nitrogens is 2. The predicted molar refractivity (Wildman–Crippen MR) is 89.6 cm³/mol. The summed E-state index contributed by atoms with van der Waals surface area (Å²) in [6, 6.07) is 3.77. The molecular formula is C17H15F2N3O2S. The van der Waals surface area contributed by atoms with E-state index in [0.29, 0.717) is 28.6 Å². The highest BCUT2D eigenvalue weighted by Crippen LogP contribution is 2.22. The first-order valence-electron chi connectivity index (χ1n) is 7.52. The van der Waals surface area contributed by atoms with E-state index in [1.165, 1.54) is 17.4 Å². The van der Waals surface area contributed by atoms with Gasteiger partial charge in [-0.1, -0.05) is 11.2 Å². The second-order valence-corrected chi connectivity index (χ2v) is 6.70. The topological polar surface area (TPSA) is 68.0 Å². The van der Waals surface area contributed by atoms with Crippen molar-refractivity contribution in [2.24, 2.45) is 0 Å². The van der Waals surface area contributed by atoms with E-state index in [-0.39, 0.29) is 12.3 Å². The van der Waals surface area contributed by atoms with Crippen molar-refractivity contribution < 1.29 is 18.1 Å². The van der Waals surface area contributed by atoms with Gasteiger partial charge in [0.15, 0.2) is 16.8 Å². The summed E-state index contributed by atoms with van der Waals surface area (Å²) in [5, 5.41) is 6.99. The van der Waals surface area contributed by atoms with Crippen molar-refractivity contribution in [3.8, 4) is 0 Å². The molecule has 0 bridgehead atoms. The third-order valence-corrected chi connectivity index (χ3v) is 4.59. The normalized spacial score (nSPS) is 10.9. The van der Waals surface area contributed by atoms with Gasteiger partial charge in [0.2, 0.25) is 5.91 Å². The van der Waals surface area contributed by atoms with Crippen molar-refractivity contribution in [1.82, 2.24) is 10.1 Å². The van der Waals surface area contributed by atoms with Crippen LogP contribution in [0.1, 0.15) is 27.5 Å². The summed E-state index contributed by atoms with van der Waals surface area (Å²) >= 11 is 1.29. The molecule has 5 nitrogen and oxygen atoms in total. The minimum Gasteiger partial charge on any atom is -0.361 e. The second-order valence-electron chi connectivity index (χ2n) is 5.58. The van der Waals surface area contributed by atoms with Crippen LogP contribution >= 0.6 is 11.3 Å². The van der Waals surface area contributed by atoms with E-state index in [2.05, 4.69) is 15.5 Å². The maximum Gasteiger partial charge on any atom is 0.230 e. The van der Waals surface area contributed by atoms with Crippen LogP contribution in [0.15, 0.2) is 28.9 Å². The van der Waals surface area contributed by atoms with Gasteiger partial charge in [-0.25, -0.2) is 13.8 Å². The molecule has 25 heavy (non-hydrogen) atoms. The van der Waals surface area contributed by atoms with Crippen molar-refractivity contribution >= 4 is 22.4 Å². The molecule has 130 valence electrons. The zero-order valence-corrected chi connectivity index (χ0v) is 14.4. The molecule has 0 saturated carbocycles. The lowest BCUT2D eigenvalue weighted by Crippen LogP contribution is -2.14. The predicted octanol–water partition coefficient (Wildman–Crippen LogP) is 3.80. The number of carbonyl (C=O) groups is 1. The van der Waals surface area contributed by atoms with E-state index in [0.717, 1.165) is 22.6 Å². The van der Waals surface area contributed by atoms with Gasteiger partial charge in [-0.2, -0.15) is 0 Å². The number of aryl methyl sites for hydroxylation is 2. The molecule has 0 spiro atoms. The van der Waals surface area contributed by atoms with Crippen molar-refractivity contribution in [2.45, 2.75) is 26.7 Å². The molecule has 1 N–H and O–H groups in total. The van der Waals surface area contributed by atoms with Crippen molar-refractivity contribution in [3.63, 3.8) is 0 Å². The molecule has 2 heterocycles. The number of nitrogens with one attached hydrogen (secondary N) is 1. The van der Waals surface area contributed by atoms with Gasteiger partial charge >= 0.3 is 0 Å². The van der Waals surface area contributed by atoms with E-state index in [1.807, 2.05) is 0 Å². The molecule has 0 saturated heterocycles. The van der Waals surface area contributed by atoms with E-state index in [9.17, 15) is 13.6 Å². The average molecular weight is 363 g/mol. The zero-order chi connectivity index (χ0) is 18.0. The molecule has 3 aromatic rings. The molecule has 0 unspecified atom stereocenters. The van der Waals surface area contributed by atoms with Crippen molar-refractivity contribution in [1.29, 1.82) is 0 Å². The first-order chi connectivity index (χ1) is 11.9. The number of rotatable bonds is 5. The Bertz CT molecular complexity index is 901. The SMILES string of the molecule is Cc1noc(C)c1CC(=O)Nc1ncc(Cc2ccc(F)c(F)c2)s1. The molecule has 0 aliphatic rings. The molecule has 3 rings (SSSR count). The van der Waals surface area contributed by atoms with Gasteiger partial charge in [0.25, 0.3) is 0 Å². The quantitative estimate of drug-likeness (QED) is 0.749. The van der Waals surface area contributed by atoms with Crippen LogP contribution in [0.4, 0.5) is 13.9 Å². The number of hydrogen-bond donors (Lipinski definition) is 1. The van der Waals surface area contributed by atoms with Crippen LogP contribution < -0.4 is 5.32 Å². The average Bonchev–Trinajstić information content (AvgIpc) is 3.12. The van der Waals surface area contributed by atoms with Crippen LogP contribution in [0, 0.1) is 25.5 Å². The van der Waals surface area contributed by atoms with Crippen LogP contribution in [0.25, 0.3) is 0 Å². The Balaban J connectivity index is 1.63. The number of hydrogen-bond acceptors (Lipinski definition) is 5. The molecule has 1 aromatic carbocycles. The second kappa shape index (κ2) is 7.10. The largest absolute Gasteiger partial charge is 0.361 e. The highest BCUT2D eigenvalue weighted by atomic mass is 32.1. The lowest BCUT2D eigenvalue weighted by molar-refractivity contribution is -0.115. The van der Waals surface area contributed by atoms with Crippen molar-refractivity contribution in [2.75, 3.05) is 5.32 Å². The number of nitrogens with zero attached hydrogens (tertiary/aromatic N) is 2. The van der Waals surface area contributed by atoms with E-state index >= 15 is 0 Å². The number of benzene rings is 1. The van der Waals surface area contributed by atoms with Crippen LogP contribution in [0.3, 0.4) is 0 Å². The Labute approximate surface area is 146 Å². The number of amides is 1. The van der Waals surface area contributed by atoms with Gasteiger partial charge in [0.05, 0.1) is 12.1 Å². The van der Waals surface area contributed by atoms with Gasteiger partial charge in [0, 0.05) is 23.1 Å². The first kappa shape index (κ1) is 17.2. The number of anilines is 1. The molecule has 0 aliphatic heterocycles. The fourth-order valence-corrected chi connectivity index (χ4v) is 3.24. The maximum absolute atomic E-state index is 13.2. The smallest absolute Gasteiger partial charge is 0.230 e. The van der Waals surface area contributed by atoms with E-state index in [4.69, 9.17) is 4.52 Å². The van der Waals surface area contributed by atoms with Gasteiger partial charge < -0.3 is 9.84 Å². The van der Waals surface area contributed by atoms with Crippen LogP contribution in [0.2, 0.25) is 0 Å². The summed E-state index contributed by atoms with van der Waals surface area (Å²) in [5.41, 5.74) is 2.08. The van der Waals surface area contributed by atoms with Gasteiger partial charge in [-0.3, -0.25) is 4.79 Å². The Morgan fingerprint density at radius 1 is 1.28 bits per heavy atom. The highest BCUT2D eigenvalue weighted by molar-refractivity contribution is 7.15. The lowest BCUT2D eigenvalue weighted by Gasteiger charge is -2.01. The van der Waals surface area contributed by atoms with Crippen LogP contribution in [-0.2, 0) is 17.6 Å². The number of carbonyl (C=O) groups excluding carboxylic acids is 1.